The van der Waals surface area contributed by atoms with Gasteiger partial charge in [-0.25, -0.2) is 4.39 Å². The van der Waals surface area contributed by atoms with Gasteiger partial charge in [-0.3, -0.25) is 14.4 Å². The smallest absolute Gasteiger partial charge is 0.243 e. The van der Waals surface area contributed by atoms with Crippen molar-refractivity contribution >= 4 is 40.1 Å². The van der Waals surface area contributed by atoms with E-state index < -0.39 is 24.2 Å². The molecule has 33 heavy (non-hydrogen) atoms. The Balaban J connectivity index is 1.48. The van der Waals surface area contributed by atoms with E-state index in [1.54, 1.807) is 47.2 Å². The van der Waals surface area contributed by atoms with Crippen LogP contribution < -0.4 is 5.32 Å². The van der Waals surface area contributed by atoms with Crippen LogP contribution in [0, 0.1) is 5.82 Å². The summed E-state index contributed by atoms with van der Waals surface area (Å²) in [5.41, 5.74) is 1.31. The number of fused-ring (bicyclic) bond motifs is 1. The number of nitrogens with one attached hydrogen (secondary N) is 1. The molecule has 0 saturated carbocycles. The Hall–Kier alpha value is -3.23. The van der Waals surface area contributed by atoms with E-state index in [4.69, 9.17) is 11.6 Å². The number of aliphatic hydroxyl groups is 1. The van der Waals surface area contributed by atoms with Crippen molar-refractivity contribution in [1.82, 2.24) is 14.8 Å². The molecule has 2 amide bonds. The van der Waals surface area contributed by atoms with Crippen molar-refractivity contribution in [3.8, 4) is 0 Å². The second-order valence-electron chi connectivity index (χ2n) is 7.95. The van der Waals surface area contributed by atoms with Crippen molar-refractivity contribution in [2.24, 2.45) is 0 Å². The quantitative estimate of drug-likeness (QED) is 0.518. The molecule has 7 nitrogen and oxygen atoms in total. The summed E-state index contributed by atoms with van der Waals surface area (Å²) >= 11 is 5.79. The average Bonchev–Trinajstić information content (AvgIpc) is 3.45. The molecule has 1 fully saturated rings. The Morgan fingerprint density at radius 3 is 2.73 bits per heavy atom. The van der Waals surface area contributed by atoms with Crippen molar-refractivity contribution in [2.45, 2.75) is 32.0 Å². The number of aliphatic hydroxyl groups excluding tert-OH is 1. The first-order chi connectivity index (χ1) is 15.9. The Kier molecular flexibility index (Phi) is 6.76. The molecule has 1 aliphatic heterocycles. The fourth-order valence-corrected chi connectivity index (χ4v) is 4.44. The van der Waals surface area contributed by atoms with Gasteiger partial charge in [-0.2, -0.15) is 0 Å². The number of nitrogens with zero attached hydrogens (tertiary/aromatic N) is 2. The fraction of sp³-hybridized carbons (Fsp3) is 0.292. The molecule has 1 aromatic heterocycles. The fourth-order valence-electron chi connectivity index (χ4n) is 4.24. The summed E-state index contributed by atoms with van der Waals surface area (Å²) in [6.07, 6.45) is 2.75. The lowest BCUT2D eigenvalue weighted by molar-refractivity contribution is -0.138. The zero-order valence-electron chi connectivity index (χ0n) is 17.8. The number of hydrogen-bond donors (Lipinski definition) is 2. The first-order valence-electron chi connectivity index (χ1n) is 10.6. The van der Waals surface area contributed by atoms with E-state index in [1.807, 2.05) is 0 Å². The summed E-state index contributed by atoms with van der Waals surface area (Å²) in [6, 6.07) is 11.1. The van der Waals surface area contributed by atoms with Gasteiger partial charge in [0.2, 0.25) is 11.8 Å². The number of benzene rings is 2. The molecule has 3 aromatic rings. The van der Waals surface area contributed by atoms with E-state index in [0.29, 0.717) is 35.9 Å². The van der Waals surface area contributed by atoms with E-state index in [-0.39, 0.29) is 35.5 Å². The Labute approximate surface area is 194 Å². The Morgan fingerprint density at radius 1 is 1.15 bits per heavy atom. The summed E-state index contributed by atoms with van der Waals surface area (Å²) in [4.78, 5) is 39.5. The Morgan fingerprint density at radius 2 is 1.94 bits per heavy atom. The lowest BCUT2D eigenvalue weighted by Gasteiger charge is -2.24. The third-order valence-electron chi connectivity index (χ3n) is 5.90. The third kappa shape index (κ3) is 4.62. The zero-order valence-corrected chi connectivity index (χ0v) is 18.5. The summed E-state index contributed by atoms with van der Waals surface area (Å²) in [5, 5.41) is 12.6. The van der Waals surface area contributed by atoms with E-state index in [2.05, 4.69) is 5.32 Å². The molecular formula is C24H23ClFN3O4. The largest absolute Gasteiger partial charge is 0.388 e. The van der Waals surface area contributed by atoms with Crippen LogP contribution in [0.25, 0.3) is 10.9 Å². The molecule has 1 saturated heterocycles. The molecule has 2 N–H and O–H groups in total. The third-order valence-corrected chi connectivity index (χ3v) is 6.19. The van der Waals surface area contributed by atoms with Gasteiger partial charge in [-0.05, 0) is 25.0 Å². The van der Waals surface area contributed by atoms with Crippen LogP contribution in [0.2, 0.25) is 5.02 Å². The predicted molar refractivity (Wildman–Crippen MR) is 121 cm³/mol. The predicted octanol–water partition coefficient (Wildman–Crippen LogP) is 2.92. The normalized spacial score (nSPS) is 15.7. The number of Topliss-reactive ketones (excluding diaryl/α,β-unsaturated/α-hetero) is 1. The highest BCUT2D eigenvalue weighted by Crippen LogP contribution is 2.24. The molecule has 0 radical (unpaired) electrons. The lowest BCUT2D eigenvalue weighted by Crippen LogP contribution is -2.46. The number of likely N-dealkylation sites (tertiary alicyclic amines) is 1. The van der Waals surface area contributed by atoms with Crippen LogP contribution in [-0.4, -0.2) is 51.4 Å². The maximum atomic E-state index is 14.1. The molecule has 0 aliphatic carbocycles. The monoisotopic (exact) mass is 471 g/mol. The van der Waals surface area contributed by atoms with Crippen LogP contribution >= 0.6 is 11.6 Å². The van der Waals surface area contributed by atoms with E-state index >= 15 is 0 Å². The number of aromatic nitrogens is 1. The number of carbonyl (C=O) groups excluding carboxylic acids is 3. The molecule has 2 heterocycles. The van der Waals surface area contributed by atoms with Crippen LogP contribution in [0.3, 0.4) is 0 Å². The first kappa shape index (κ1) is 22.9. The SMILES string of the molecule is O=C(CO)c1cn(CC(=O)N2CCCC2C(=O)NCc2cccc(Cl)c2F)c2ccccc12. The van der Waals surface area contributed by atoms with Gasteiger partial charge in [0.15, 0.2) is 5.78 Å². The van der Waals surface area contributed by atoms with Crippen LogP contribution in [-0.2, 0) is 22.7 Å². The minimum Gasteiger partial charge on any atom is -0.388 e. The molecule has 0 spiro atoms. The number of amides is 2. The second-order valence-corrected chi connectivity index (χ2v) is 8.35. The van der Waals surface area contributed by atoms with Gasteiger partial charge in [0, 0.05) is 41.3 Å². The number of rotatable bonds is 7. The topological polar surface area (TPSA) is 91.6 Å². The number of hydrogen-bond acceptors (Lipinski definition) is 4. The molecular weight excluding hydrogens is 449 g/mol. The van der Waals surface area contributed by atoms with Crippen LogP contribution in [0.15, 0.2) is 48.7 Å². The van der Waals surface area contributed by atoms with Crippen molar-refractivity contribution < 1.29 is 23.9 Å². The summed E-state index contributed by atoms with van der Waals surface area (Å²) in [7, 11) is 0. The van der Waals surface area contributed by atoms with Gasteiger partial charge < -0.3 is 19.9 Å². The molecule has 9 heteroatoms. The van der Waals surface area contributed by atoms with Gasteiger partial charge in [0.05, 0.1) is 5.02 Å². The standard InChI is InChI=1S/C24H23ClFN3O4/c25-18-7-3-5-15(23(18)26)11-27-24(33)20-9-4-10-29(20)22(32)13-28-12-17(21(31)14-30)16-6-1-2-8-19(16)28/h1-3,5-8,12,20,30H,4,9-11,13-14H2,(H,27,33). The minimum absolute atomic E-state index is 0.0163. The lowest BCUT2D eigenvalue weighted by atomic mass is 10.1. The molecule has 0 bridgehead atoms. The highest BCUT2D eigenvalue weighted by atomic mass is 35.5. The van der Waals surface area contributed by atoms with Crippen LogP contribution in [0.4, 0.5) is 4.39 Å². The second kappa shape index (κ2) is 9.72. The number of para-hydroxylation sites is 1. The van der Waals surface area contributed by atoms with Gasteiger partial charge in [0.25, 0.3) is 0 Å². The number of carbonyl (C=O) groups is 3. The average molecular weight is 472 g/mol. The van der Waals surface area contributed by atoms with Gasteiger partial charge in [-0.1, -0.05) is 41.9 Å². The van der Waals surface area contributed by atoms with E-state index in [1.165, 1.54) is 11.0 Å². The molecule has 1 unspecified atom stereocenters. The molecule has 1 atom stereocenters. The van der Waals surface area contributed by atoms with E-state index in [0.717, 1.165) is 0 Å². The molecule has 2 aromatic carbocycles. The summed E-state index contributed by atoms with van der Waals surface area (Å²) in [6.45, 7) is -0.266. The Bertz CT molecular complexity index is 1230. The molecule has 4 rings (SSSR count). The zero-order chi connectivity index (χ0) is 23.5. The number of halogens is 2. The molecule has 1 aliphatic rings. The molecule has 172 valence electrons. The van der Waals surface area contributed by atoms with Crippen molar-refractivity contribution in [2.75, 3.05) is 13.2 Å². The van der Waals surface area contributed by atoms with Crippen molar-refractivity contribution in [3.05, 3.63) is 70.6 Å². The van der Waals surface area contributed by atoms with E-state index in [9.17, 15) is 23.9 Å². The summed E-state index contributed by atoms with van der Waals surface area (Å²) < 4.78 is 15.8. The minimum atomic E-state index is -0.653. The maximum Gasteiger partial charge on any atom is 0.243 e. The highest BCUT2D eigenvalue weighted by Gasteiger charge is 2.34. The van der Waals surface area contributed by atoms with Crippen LogP contribution in [0.5, 0.6) is 0 Å². The van der Waals surface area contributed by atoms with Crippen LogP contribution in [0.1, 0.15) is 28.8 Å². The van der Waals surface area contributed by atoms with Gasteiger partial charge >= 0.3 is 0 Å². The van der Waals surface area contributed by atoms with Gasteiger partial charge in [0.1, 0.15) is 25.0 Å². The summed E-state index contributed by atoms with van der Waals surface area (Å²) in [5.74, 6) is -1.62. The first-order valence-corrected chi connectivity index (χ1v) is 11.0. The van der Waals surface area contributed by atoms with Gasteiger partial charge in [-0.15, -0.1) is 0 Å². The maximum absolute atomic E-state index is 14.1. The van der Waals surface area contributed by atoms with Crippen molar-refractivity contribution in [3.63, 3.8) is 0 Å². The number of ketones is 1. The highest BCUT2D eigenvalue weighted by molar-refractivity contribution is 6.30. The van der Waals surface area contributed by atoms with Crippen molar-refractivity contribution in [1.29, 1.82) is 0 Å².